The van der Waals surface area contributed by atoms with Gasteiger partial charge in [0.25, 0.3) is 0 Å². The van der Waals surface area contributed by atoms with Crippen molar-refractivity contribution in [2.75, 3.05) is 13.1 Å². The lowest BCUT2D eigenvalue weighted by Gasteiger charge is -2.30. The monoisotopic (exact) mass is 271 g/mol. The standard InChI is InChI=1S/C15H33N3O/c1-6-8-11-18(13(3)7-2)12-9-10-15(4,5)14(16)17-19/h13,19H,6-12H2,1-5H3,(H2,16,17). The highest BCUT2D eigenvalue weighted by molar-refractivity contribution is 5.85. The molecule has 4 nitrogen and oxygen atoms in total. The fraction of sp³-hybridized carbons (Fsp3) is 0.933. The number of hydrogen-bond acceptors (Lipinski definition) is 3. The molecule has 0 radical (unpaired) electrons. The Kier molecular flexibility index (Phi) is 8.81. The Morgan fingerprint density at radius 3 is 2.32 bits per heavy atom. The third kappa shape index (κ3) is 6.81. The highest BCUT2D eigenvalue weighted by Gasteiger charge is 2.23. The summed E-state index contributed by atoms with van der Waals surface area (Å²) in [5.41, 5.74) is 5.50. The van der Waals surface area contributed by atoms with Gasteiger partial charge in [0.15, 0.2) is 0 Å². The molecule has 1 unspecified atom stereocenters. The number of amidine groups is 1. The van der Waals surface area contributed by atoms with Crippen LogP contribution in [0.5, 0.6) is 0 Å². The van der Waals surface area contributed by atoms with Gasteiger partial charge in [0.2, 0.25) is 0 Å². The van der Waals surface area contributed by atoms with E-state index in [0.29, 0.717) is 11.9 Å². The molecule has 0 aliphatic rings. The van der Waals surface area contributed by atoms with Gasteiger partial charge in [0.1, 0.15) is 5.84 Å². The molecule has 0 fully saturated rings. The van der Waals surface area contributed by atoms with E-state index >= 15 is 0 Å². The molecule has 0 amide bonds. The number of oxime groups is 1. The zero-order chi connectivity index (χ0) is 14.9. The molecule has 0 spiro atoms. The molecule has 0 aromatic heterocycles. The van der Waals surface area contributed by atoms with Crippen LogP contribution in [0.2, 0.25) is 0 Å². The predicted octanol–water partition coefficient (Wildman–Crippen LogP) is 3.44. The molecule has 0 heterocycles. The summed E-state index contributed by atoms with van der Waals surface area (Å²) in [6.07, 6.45) is 5.71. The predicted molar refractivity (Wildman–Crippen MR) is 82.7 cm³/mol. The van der Waals surface area contributed by atoms with Crippen molar-refractivity contribution in [2.24, 2.45) is 16.3 Å². The molecule has 0 aliphatic heterocycles. The fourth-order valence-corrected chi connectivity index (χ4v) is 2.16. The first-order chi connectivity index (χ1) is 8.88. The molecule has 0 aromatic rings. The largest absolute Gasteiger partial charge is 0.409 e. The quantitative estimate of drug-likeness (QED) is 0.277. The molecule has 0 saturated carbocycles. The maximum absolute atomic E-state index is 8.77. The smallest absolute Gasteiger partial charge is 0.144 e. The minimum absolute atomic E-state index is 0.222. The molecule has 0 bridgehead atoms. The molecule has 1 atom stereocenters. The first kappa shape index (κ1) is 18.2. The number of rotatable bonds is 10. The van der Waals surface area contributed by atoms with Crippen molar-refractivity contribution >= 4 is 5.84 Å². The third-order valence-electron chi connectivity index (χ3n) is 4.06. The molecular formula is C15H33N3O. The Morgan fingerprint density at radius 2 is 1.84 bits per heavy atom. The van der Waals surface area contributed by atoms with Gasteiger partial charge in [-0.3, -0.25) is 0 Å². The summed E-state index contributed by atoms with van der Waals surface area (Å²) in [4.78, 5) is 2.56. The fourth-order valence-electron chi connectivity index (χ4n) is 2.16. The van der Waals surface area contributed by atoms with Gasteiger partial charge in [-0.05, 0) is 45.7 Å². The van der Waals surface area contributed by atoms with Crippen LogP contribution >= 0.6 is 0 Å². The van der Waals surface area contributed by atoms with Crippen LogP contribution in [0.15, 0.2) is 5.16 Å². The van der Waals surface area contributed by atoms with E-state index in [0.717, 1.165) is 19.4 Å². The van der Waals surface area contributed by atoms with E-state index in [4.69, 9.17) is 10.9 Å². The summed E-state index contributed by atoms with van der Waals surface area (Å²) in [5.74, 6) is 0.330. The Hall–Kier alpha value is -0.770. The third-order valence-corrected chi connectivity index (χ3v) is 4.06. The molecule has 0 aromatic carbocycles. The number of unbranched alkanes of at least 4 members (excludes halogenated alkanes) is 1. The van der Waals surface area contributed by atoms with Crippen LogP contribution in [0.4, 0.5) is 0 Å². The van der Waals surface area contributed by atoms with Gasteiger partial charge in [-0.25, -0.2) is 0 Å². The van der Waals surface area contributed by atoms with Crippen LogP contribution in [0, 0.1) is 5.41 Å². The van der Waals surface area contributed by atoms with E-state index < -0.39 is 0 Å². The van der Waals surface area contributed by atoms with Gasteiger partial charge in [-0.2, -0.15) is 0 Å². The van der Waals surface area contributed by atoms with Crippen molar-refractivity contribution < 1.29 is 5.21 Å². The van der Waals surface area contributed by atoms with E-state index in [1.165, 1.54) is 25.8 Å². The molecule has 3 N–H and O–H groups in total. The van der Waals surface area contributed by atoms with E-state index in [1.54, 1.807) is 0 Å². The van der Waals surface area contributed by atoms with Crippen molar-refractivity contribution in [3.05, 3.63) is 0 Å². The molecule has 0 aliphatic carbocycles. The molecule has 0 rings (SSSR count). The summed E-state index contributed by atoms with van der Waals surface area (Å²) in [6.45, 7) is 13.1. The Morgan fingerprint density at radius 1 is 1.26 bits per heavy atom. The zero-order valence-electron chi connectivity index (χ0n) is 13.4. The first-order valence-corrected chi connectivity index (χ1v) is 7.61. The lowest BCUT2D eigenvalue weighted by Crippen LogP contribution is -2.36. The van der Waals surface area contributed by atoms with Gasteiger partial charge in [-0.15, -0.1) is 0 Å². The molecule has 114 valence electrons. The van der Waals surface area contributed by atoms with E-state index in [9.17, 15) is 0 Å². The van der Waals surface area contributed by atoms with Crippen LogP contribution in [-0.2, 0) is 0 Å². The van der Waals surface area contributed by atoms with Crippen molar-refractivity contribution in [1.29, 1.82) is 0 Å². The summed E-state index contributed by atoms with van der Waals surface area (Å²) in [6, 6.07) is 0.638. The van der Waals surface area contributed by atoms with Crippen LogP contribution < -0.4 is 5.73 Å². The second kappa shape index (κ2) is 9.18. The molecule has 0 saturated heterocycles. The minimum atomic E-state index is -0.222. The van der Waals surface area contributed by atoms with Gasteiger partial charge in [0, 0.05) is 11.5 Å². The molecule has 4 heteroatoms. The van der Waals surface area contributed by atoms with Crippen LogP contribution in [0.25, 0.3) is 0 Å². The lowest BCUT2D eigenvalue weighted by atomic mass is 9.86. The minimum Gasteiger partial charge on any atom is -0.409 e. The van der Waals surface area contributed by atoms with E-state index in [1.807, 2.05) is 13.8 Å². The highest BCUT2D eigenvalue weighted by atomic mass is 16.4. The van der Waals surface area contributed by atoms with Crippen molar-refractivity contribution in [3.8, 4) is 0 Å². The average molecular weight is 271 g/mol. The normalized spacial score (nSPS) is 14.9. The number of nitrogens with zero attached hydrogens (tertiary/aromatic N) is 2. The average Bonchev–Trinajstić information content (AvgIpc) is 2.40. The second-order valence-electron chi connectivity index (χ2n) is 6.12. The van der Waals surface area contributed by atoms with Crippen molar-refractivity contribution in [2.45, 2.75) is 72.8 Å². The maximum atomic E-state index is 8.77. The van der Waals surface area contributed by atoms with Gasteiger partial charge < -0.3 is 15.8 Å². The van der Waals surface area contributed by atoms with Gasteiger partial charge in [0.05, 0.1) is 0 Å². The summed E-state index contributed by atoms with van der Waals surface area (Å²) in [5, 5.41) is 11.9. The van der Waals surface area contributed by atoms with Gasteiger partial charge in [-0.1, -0.05) is 39.3 Å². The summed E-state index contributed by atoms with van der Waals surface area (Å²) < 4.78 is 0. The summed E-state index contributed by atoms with van der Waals surface area (Å²) >= 11 is 0. The van der Waals surface area contributed by atoms with Crippen molar-refractivity contribution in [1.82, 2.24) is 4.90 Å². The Bertz CT molecular complexity index is 264. The van der Waals surface area contributed by atoms with Crippen LogP contribution in [0.3, 0.4) is 0 Å². The van der Waals surface area contributed by atoms with Crippen LogP contribution in [0.1, 0.15) is 66.7 Å². The van der Waals surface area contributed by atoms with Crippen molar-refractivity contribution in [3.63, 3.8) is 0 Å². The van der Waals surface area contributed by atoms with Gasteiger partial charge >= 0.3 is 0 Å². The number of nitrogens with two attached hydrogens (primary N) is 1. The topological polar surface area (TPSA) is 61.8 Å². The zero-order valence-corrected chi connectivity index (χ0v) is 13.4. The highest BCUT2D eigenvalue weighted by Crippen LogP contribution is 2.23. The second-order valence-corrected chi connectivity index (χ2v) is 6.12. The SMILES string of the molecule is CCCCN(CCCC(C)(C)C(N)=NO)C(C)CC. The summed E-state index contributed by atoms with van der Waals surface area (Å²) in [7, 11) is 0. The van der Waals surface area contributed by atoms with E-state index in [-0.39, 0.29) is 5.41 Å². The first-order valence-electron chi connectivity index (χ1n) is 7.61. The maximum Gasteiger partial charge on any atom is 0.144 e. The van der Waals surface area contributed by atoms with E-state index in [2.05, 4.69) is 30.8 Å². The number of hydrogen-bond donors (Lipinski definition) is 2. The Labute approximate surface area is 119 Å². The molecular weight excluding hydrogens is 238 g/mol. The molecule has 19 heavy (non-hydrogen) atoms. The Balaban J connectivity index is 4.25. The van der Waals surface area contributed by atoms with Crippen LogP contribution in [-0.4, -0.2) is 35.1 Å². The lowest BCUT2D eigenvalue weighted by molar-refractivity contribution is 0.191.